The summed E-state index contributed by atoms with van der Waals surface area (Å²) in [4.78, 5) is 12.1. The van der Waals surface area contributed by atoms with Gasteiger partial charge in [0, 0.05) is 11.8 Å². The number of rotatable bonds is 3. The van der Waals surface area contributed by atoms with Gasteiger partial charge in [0.25, 0.3) is 0 Å². The molecule has 0 aliphatic rings. The number of ketones is 1. The lowest BCUT2D eigenvalue weighted by Crippen LogP contribution is -2.12. The fraction of sp³-hybridized carbons (Fsp3) is 0.286. The highest BCUT2D eigenvalue weighted by Gasteiger charge is 2.10. The zero-order chi connectivity index (χ0) is 12.4. The van der Waals surface area contributed by atoms with Crippen molar-refractivity contribution in [3.63, 3.8) is 0 Å². The molecule has 0 N–H and O–H groups in total. The lowest BCUT2D eigenvalue weighted by atomic mass is 10.0. The highest BCUT2D eigenvalue weighted by Crippen LogP contribution is 2.12. The van der Waals surface area contributed by atoms with E-state index in [-0.39, 0.29) is 5.78 Å². The predicted octanol–water partition coefficient (Wildman–Crippen LogP) is 2.69. The molecule has 0 amide bonds. The lowest BCUT2D eigenvalue weighted by Gasteiger charge is -2.06. The third-order valence-corrected chi connectivity index (χ3v) is 2.76. The van der Waals surface area contributed by atoms with Gasteiger partial charge in [-0.25, -0.2) is 0 Å². The molecule has 1 aromatic heterocycles. The van der Waals surface area contributed by atoms with Crippen molar-refractivity contribution < 1.29 is 4.79 Å². The van der Waals surface area contributed by atoms with E-state index in [2.05, 4.69) is 5.10 Å². The van der Waals surface area contributed by atoms with Crippen LogP contribution in [0.25, 0.3) is 0 Å². The van der Waals surface area contributed by atoms with Crippen LogP contribution in [0.4, 0.5) is 0 Å². The van der Waals surface area contributed by atoms with Crippen LogP contribution in [0.5, 0.6) is 0 Å². The quantitative estimate of drug-likeness (QED) is 0.757. The van der Waals surface area contributed by atoms with Gasteiger partial charge in [0.05, 0.1) is 5.69 Å². The number of benzene rings is 1. The largest absolute Gasteiger partial charge is 0.292 e. The molecule has 1 heterocycles. The molecule has 0 saturated carbocycles. The first-order chi connectivity index (χ1) is 8.06. The van der Waals surface area contributed by atoms with Gasteiger partial charge in [-0.2, -0.15) is 5.10 Å². The van der Waals surface area contributed by atoms with Crippen LogP contribution < -0.4 is 0 Å². The molecule has 0 unspecified atom stereocenters. The highest BCUT2D eigenvalue weighted by molar-refractivity contribution is 5.97. The van der Waals surface area contributed by atoms with Gasteiger partial charge in [-0.15, -0.1) is 0 Å². The molecule has 0 bridgehead atoms. The van der Waals surface area contributed by atoms with Gasteiger partial charge in [-0.3, -0.25) is 9.48 Å². The highest BCUT2D eigenvalue weighted by atomic mass is 16.1. The van der Waals surface area contributed by atoms with E-state index in [4.69, 9.17) is 0 Å². The standard InChI is InChI=1S/C14H16N2O/c1-10-4-5-13(11(2)8-10)14(17)9-16-7-6-12(3)15-16/h4-8H,9H2,1-3H3. The number of carbonyl (C=O) groups is 1. The van der Waals surface area contributed by atoms with E-state index in [1.54, 1.807) is 4.68 Å². The van der Waals surface area contributed by atoms with E-state index in [0.29, 0.717) is 6.54 Å². The fourth-order valence-electron chi connectivity index (χ4n) is 1.91. The van der Waals surface area contributed by atoms with Gasteiger partial charge in [0.1, 0.15) is 6.54 Å². The summed E-state index contributed by atoms with van der Waals surface area (Å²) < 4.78 is 1.68. The van der Waals surface area contributed by atoms with Crippen LogP contribution in [0.15, 0.2) is 30.5 Å². The maximum atomic E-state index is 12.1. The Kier molecular flexibility index (Phi) is 3.09. The number of nitrogens with zero attached hydrogens (tertiary/aromatic N) is 2. The van der Waals surface area contributed by atoms with Gasteiger partial charge < -0.3 is 0 Å². The van der Waals surface area contributed by atoms with E-state index in [9.17, 15) is 4.79 Å². The fourth-order valence-corrected chi connectivity index (χ4v) is 1.91. The molecule has 1 aromatic carbocycles. The summed E-state index contributed by atoms with van der Waals surface area (Å²) in [7, 11) is 0. The minimum Gasteiger partial charge on any atom is -0.292 e. The first-order valence-electron chi connectivity index (χ1n) is 5.67. The van der Waals surface area contributed by atoms with Crippen molar-refractivity contribution in [1.82, 2.24) is 9.78 Å². The Hall–Kier alpha value is -1.90. The Morgan fingerprint density at radius 2 is 2.00 bits per heavy atom. The Balaban J connectivity index is 2.20. The molecule has 2 aromatic rings. The zero-order valence-electron chi connectivity index (χ0n) is 10.4. The summed E-state index contributed by atoms with van der Waals surface area (Å²) in [6.07, 6.45) is 1.83. The van der Waals surface area contributed by atoms with Crippen molar-refractivity contribution in [2.75, 3.05) is 0 Å². The first-order valence-corrected chi connectivity index (χ1v) is 5.67. The second kappa shape index (κ2) is 4.53. The van der Waals surface area contributed by atoms with E-state index >= 15 is 0 Å². The summed E-state index contributed by atoms with van der Waals surface area (Å²) in [6, 6.07) is 7.79. The van der Waals surface area contributed by atoms with E-state index in [1.165, 1.54) is 5.56 Å². The number of aryl methyl sites for hydroxylation is 3. The van der Waals surface area contributed by atoms with Crippen LogP contribution in [0.3, 0.4) is 0 Å². The molecular weight excluding hydrogens is 212 g/mol. The normalized spacial score (nSPS) is 10.5. The Morgan fingerprint density at radius 1 is 1.24 bits per heavy atom. The summed E-state index contributed by atoms with van der Waals surface area (Å²) in [6.45, 7) is 6.21. The molecule has 0 aliphatic carbocycles. The van der Waals surface area contributed by atoms with Crippen molar-refractivity contribution in [2.45, 2.75) is 27.3 Å². The number of Topliss-reactive ketones (excluding diaryl/α,β-unsaturated/α-hetero) is 1. The van der Waals surface area contributed by atoms with Crippen LogP contribution in [0, 0.1) is 20.8 Å². The maximum absolute atomic E-state index is 12.1. The van der Waals surface area contributed by atoms with Gasteiger partial charge >= 0.3 is 0 Å². The molecule has 2 rings (SSSR count). The smallest absolute Gasteiger partial charge is 0.184 e. The molecule has 0 atom stereocenters. The van der Waals surface area contributed by atoms with E-state index in [0.717, 1.165) is 16.8 Å². The molecule has 3 heteroatoms. The number of carbonyl (C=O) groups excluding carboxylic acids is 1. The minimum absolute atomic E-state index is 0.102. The zero-order valence-corrected chi connectivity index (χ0v) is 10.4. The Morgan fingerprint density at radius 3 is 2.59 bits per heavy atom. The third kappa shape index (κ3) is 2.61. The monoisotopic (exact) mass is 228 g/mol. The lowest BCUT2D eigenvalue weighted by molar-refractivity contribution is 0.0967. The van der Waals surface area contributed by atoms with Crippen molar-refractivity contribution >= 4 is 5.78 Å². The molecule has 0 radical (unpaired) electrons. The van der Waals surface area contributed by atoms with Gasteiger partial charge in [0.15, 0.2) is 5.78 Å². The van der Waals surface area contributed by atoms with E-state index in [1.807, 2.05) is 51.2 Å². The Labute approximate surface area is 101 Å². The van der Waals surface area contributed by atoms with E-state index < -0.39 is 0 Å². The number of hydrogen-bond acceptors (Lipinski definition) is 2. The second-order valence-corrected chi connectivity index (χ2v) is 4.40. The molecule has 17 heavy (non-hydrogen) atoms. The van der Waals surface area contributed by atoms with Crippen LogP contribution in [-0.4, -0.2) is 15.6 Å². The van der Waals surface area contributed by atoms with Gasteiger partial charge in [0.2, 0.25) is 0 Å². The van der Waals surface area contributed by atoms with Crippen molar-refractivity contribution in [3.8, 4) is 0 Å². The molecule has 88 valence electrons. The van der Waals surface area contributed by atoms with Crippen molar-refractivity contribution in [1.29, 1.82) is 0 Å². The van der Waals surface area contributed by atoms with Crippen LogP contribution in [-0.2, 0) is 6.54 Å². The molecule has 3 nitrogen and oxygen atoms in total. The average Bonchev–Trinajstić information content (AvgIpc) is 2.63. The average molecular weight is 228 g/mol. The van der Waals surface area contributed by atoms with Crippen LogP contribution in [0.1, 0.15) is 27.2 Å². The molecule has 0 aliphatic heterocycles. The van der Waals surface area contributed by atoms with Crippen LogP contribution >= 0.6 is 0 Å². The summed E-state index contributed by atoms with van der Waals surface area (Å²) in [5, 5.41) is 4.22. The third-order valence-electron chi connectivity index (χ3n) is 2.76. The van der Waals surface area contributed by atoms with Crippen LogP contribution in [0.2, 0.25) is 0 Å². The SMILES string of the molecule is Cc1ccc(C(=O)Cn2ccc(C)n2)c(C)c1. The topological polar surface area (TPSA) is 34.9 Å². The van der Waals surface area contributed by atoms with Crippen molar-refractivity contribution in [3.05, 3.63) is 52.8 Å². The summed E-state index contributed by atoms with van der Waals surface area (Å²) in [5.41, 5.74) is 3.91. The molecule has 0 fully saturated rings. The number of aromatic nitrogens is 2. The second-order valence-electron chi connectivity index (χ2n) is 4.40. The predicted molar refractivity (Wildman–Crippen MR) is 67.2 cm³/mol. The van der Waals surface area contributed by atoms with Gasteiger partial charge in [-0.1, -0.05) is 23.8 Å². The summed E-state index contributed by atoms with van der Waals surface area (Å²) >= 11 is 0. The Bertz CT molecular complexity index is 555. The molecule has 0 spiro atoms. The first kappa shape index (κ1) is 11.6. The molecular formula is C14H16N2O. The maximum Gasteiger partial charge on any atom is 0.184 e. The summed E-state index contributed by atoms with van der Waals surface area (Å²) in [5.74, 6) is 0.102. The van der Waals surface area contributed by atoms with Crippen molar-refractivity contribution in [2.24, 2.45) is 0 Å². The van der Waals surface area contributed by atoms with Gasteiger partial charge in [-0.05, 0) is 32.4 Å². The minimum atomic E-state index is 0.102. The number of hydrogen-bond donors (Lipinski definition) is 0. The molecule has 0 saturated heterocycles.